The third kappa shape index (κ3) is 3.13. The first-order valence-corrected chi connectivity index (χ1v) is 9.87. The smallest absolute Gasteiger partial charge is 0.258 e. The van der Waals surface area contributed by atoms with Crippen molar-refractivity contribution >= 4 is 38.6 Å². The van der Waals surface area contributed by atoms with Crippen molar-refractivity contribution in [2.24, 2.45) is 0 Å². The molecule has 1 saturated carbocycles. The number of nitrogens with zero attached hydrogens (tertiary/aromatic N) is 3. The minimum absolute atomic E-state index is 0.256. The van der Waals surface area contributed by atoms with Gasteiger partial charge in [-0.3, -0.25) is 10.1 Å². The molecule has 1 aliphatic carbocycles. The first kappa shape index (κ1) is 15.4. The molecule has 10 heteroatoms. The van der Waals surface area contributed by atoms with Crippen molar-refractivity contribution in [2.45, 2.75) is 32.9 Å². The summed E-state index contributed by atoms with van der Waals surface area (Å²) in [4.78, 5) is 10.6. The van der Waals surface area contributed by atoms with Crippen LogP contribution >= 0.6 is 23.1 Å². The van der Waals surface area contributed by atoms with Gasteiger partial charge in [-0.2, -0.15) is 0 Å². The minimum atomic E-state index is -3.68. The fourth-order valence-corrected chi connectivity index (χ4v) is 4.98. The van der Waals surface area contributed by atoms with Gasteiger partial charge in [-0.15, -0.1) is 10.2 Å². The number of sulfone groups is 1. The summed E-state index contributed by atoms with van der Waals surface area (Å²) in [6, 6.07) is 4.26. The maximum absolute atomic E-state index is 11.7. The SMILES string of the molecule is CS(=O)(=O)c1cccc(Sc2nnc(C3CC3)s2)c1[N+](=O)[O-]. The normalized spacial score (nSPS) is 15.0. The highest BCUT2D eigenvalue weighted by molar-refractivity contribution is 8.01. The predicted octanol–water partition coefficient (Wildman–Crippen LogP) is 2.88. The van der Waals surface area contributed by atoms with Gasteiger partial charge in [-0.1, -0.05) is 29.2 Å². The lowest BCUT2D eigenvalue weighted by Gasteiger charge is -2.04. The Morgan fingerprint density at radius 2 is 2.09 bits per heavy atom. The second kappa shape index (κ2) is 5.60. The third-order valence-corrected chi connectivity index (χ3v) is 6.40. The lowest BCUT2D eigenvalue weighted by atomic mass is 10.3. The standard InChI is InChI=1S/C12H11N3O4S3/c1-22(18,19)9-4-2-3-8(10(9)15(16)17)20-12-14-13-11(21-12)7-5-6-7/h2-4,7H,5-6H2,1H3. The van der Waals surface area contributed by atoms with Crippen LogP contribution in [-0.2, 0) is 9.84 Å². The quantitative estimate of drug-likeness (QED) is 0.598. The highest BCUT2D eigenvalue weighted by Gasteiger charge is 2.29. The van der Waals surface area contributed by atoms with Gasteiger partial charge in [-0.05, 0) is 25.0 Å². The number of rotatable bonds is 5. The summed E-state index contributed by atoms with van der Waals surface area (Å²) < 4.78 is 24.0. The van der Waals surface area contributed by atoms with E-state index >= 15 is 0 Å². The third-order valence-electron chi connectivity index (χ3n) is 3.09. The molecule has 1 fully saturated rings. The van der Waals surface area contributed by atoms with E-state index in [2.05, 4.69) is 10.2 Å². The first-order valence-electron chi connectivity index (χ1n) is 6.35. The van der Waals surface area contributed by atoms with E-state index in [0.29, 0.717) is 10.3 Å². The van der Waals surface area contributed by atoms with Crippen LogP contribution in [0.15, 0.2) is 32.3 Å². The Hall–Kier alpha value is -1.52. The molecule has 1 aliphatic rings. The number of aromatic nitrogens is 2. The van der Waals surface area contributed by atoms with E-state index in [1.54, 1.807) is 0 Å². The molecule has 0 saturated heterocycles. The zero-order valence-electron chi connectivity index (χ0n) is 11.4. The molecule has 0 unspecified atom stereocenters. The summed E-state index contributed by atoms with van der Waals surface area (Å²) in [6.45, 7) is 0. The van der Waals surface area contributed by atoms with E-state index in [4.69, 9.17) is 0 Å². The van der Waals surface area contributed by atoms with Crippen LogP contribution in [0.1, 0.15) is 23.8 Å². The van der Waals surface area contributed by atoms with Crippen molar-refractivity contribution in [3.63, 3.8) is 0 Å². The van der Waals surface area contributed by atoms with Crippen LogP contribution in [0.2, 0.25) is 0 Å². The fraction of sp³-hybridized carbons (Fsp3) is 0.333. The summed E-state index contributed by atoms with van der Waals surface area (Å²) in [5, 5.41) is 20.3. The summed E-state index contributed by atoms with van der Waals surface area (Å²) in [5.41, 5.74) is -0.404. The fourth-order valence-electron chi connectivity index (χ4n) is 1.91. The average Bonchev–Trinajstić information content (AvgIpc) is 3.18. The molecule has 1 aromatic heterocycles. The van der Waals surface area contributed by atoms with E-state index < -0.39 is 20.4 Å². The van der Waals surface area contributed by atoms with Gasteiger partial charge in [0, 0.05) is 12.2 Å². The first-order chi connectivity index (χ1) is 10.4. The Bertz CT molecular complexity index is 843. The van der Waals surface area contributed by atoms with Crippen molar-refractivity contribution < 1.29 is 13.3 Å². The number of hydrogen-bond donors (Lipinski definition) is 0. The number of nitro benzene ring substituents is 1. The molecule has 3 rings (SSSR count). The Balaban J connectivity index is 2.00. The van der Waals surface area contributed by atoms with E-state index in [1.165, 1.54) is 29.5 Å². The molecular formula is C12H11N3O4S3. The van der Waals surface area contributed by atoms with Gasteiger partial charge in [0.25, 0.3) is 0 Å². The van der Waals surface area contributed by atoms with Crippen LogP contribution in [0, 0.1) is 10.1 Å². The van der Waals surface area contributed by atoms with Crippen LogP contribution in [0.4, 0.5) is 5.69 Å². The maximum Gasteiger partial charge on any atom is 0.301 e. The van der Waals surface area contributed by atoms with E-state index in [9.17, 15) is 18.5 Å². The molecule has 0 amide bonds. The Labute approximate surface area is 134 Å². The second-order valence-corrected chi connectivity index (χ2v) is 9.20. The number of benzene rings is 1. The molecule has 7 nitrogen and oxygen atoms in total. The topological polar surface area (TPSA) is 103 Å². The Kier molecular flexibility index (Phi) is 3.91. The molecule has 0 N–H and O–H groups in total. The molecule has 0 bridgehead atoms. The molecule has 0 radical (unpaired) electrons. The molecule has 116 valence electrons. The monoisotopic (exact) mass is 357 g/mol. The molecule has 2 aromatic rings. The number of nitro groups is 1. The van der Waals surface area contributed by atoms with Crippen LogP contribution in [-0.4, -0.2) is 29.8 Å². The summed E-state index contributed by atoms with van der Waals surface area (Å²) in [6.07, 6.45) is 3.16. The average molecular weight is 357 g/mol. The van der Waals surface area contributed by atoms with Crippen LogP contribution in [0.5, 0.6) is 0 Å². The molecule has 22 heavy (non-hydrogen) atoms. The van der Waals surface area contributed by atoms with Gasteiger partial charge in [0.2, 0.25) is 0 Å². The Morgan fingerprint density at radius 3 is 2.68 bits per heavy atom. The molecule has 1 heterocycles. The molecule has 0 spiro atoms. The van der Waals surface area contributed by atoms with Gasteiger partial charge >= 0.3 is 5.69 Å². The minimum Gasteiger partial charge on any atom is -0.258 e. The van der Waals surface area contributed by atoms with Crippen LogP contribution in [0.3, 0.4) is 0 Å². The number of para-hydroxylation sites is 1. The molecule has 0 atom stereocenters. The number of hydrogen-bond acceptors (Lipinski definition) is 8. The van der Waals surface area contributed by atoms with Crippen molar-refractivity contribution in [3.05, 3.63) is 33.3 Å². The van der Waals surface area contributed by atoms with Crippen LogP contribution in [0.25, 0.3) is 0 Å². The van der Waals surface area contributed by atoms with Gasteiger partial charge in [0.1, 0.15) is 9.90 Å². The summed E-state index contributed by atoms with van der Waals surface area (Å²) in [5.74, 6) is 0.462. The van der Waals surface area contributed by atoms with Crippen molar-refractivity contribution in [1.82, 2.24) is 10.2 Å². The largest absolute Gasteiger partial charge is 0.301 e. The van der Waals surface area contributed by atoms with E-state index in [0.717, 1.165) is 35.9 Å². The van der Waals surface area contributed by atoms with Crippen molar-refractivity contribution in [3.8, 4) is 0 Å². The van der Waals surface area contributed by atoms with Crippen LogP contribution < -0.4 is 0 Å². The second-order valence-electron chi connectivity index (χ2n) is 4.91. The van der Waals surface area contributed by atoms with E-state index in [-0.39, 0.29) is 9.79 Å². The van der Waals surface area contributed by atoms with Gasteiger partial charge in [0.05, 0.1) is 9.82 Å². The zero-order valence-corrected chi connectivity index (χ0v) is 13.9. The predicted molar refractivity (Wildman–Crippen MR) is 82.2 cm³/mol. The highest BCUT2D eigenvalue weighted by Crippen LogP contribution is 2.45. The lowest BCUT2D eigenvalue weighted by molar-refractivity contribution is -0.390. The van der Waals surface area contributed by atoms with Crippen molar-refractivity contribution in [1.29, 1.82) is 0 Å². The maximum atomic E-state index is 11.7. The molecular weight excluding hydrogens is 346 g/mol. The lowest BCUT2D eigenvalue weighted by Crippen LogP contribution is -2.03. The Morgan fingerprint density at radius 1 is 1.36 bits per heavy atom. The van der Waals surface area contributed by atoms with Gasteiger partial charge in [-0.25, -0.2) is 8.42 Å². The molecule has 1 aromatic carbocycles. The summed E-state index contributed by atoms with van der Waals surface area (Å²) in [7, 11) is -3.68. The van der Waals surface area contributed by atoms with Gasteiger partial charge < -0.3 is 0 Å². The van der Waals surface area contributed by atoms with E-state index in [1.807, 2.05) is 0 Å². The van der Waals surface area contributed by atoms with Gasteiger partial charge in [0.15, 0.2) is 14.2 Å². The highest BCUT2D eigenvalue weighted by atomic mass is 32.2. The summed E-state index contributed by atoms with van der Waals surface area (Å²) >= 11 is 2.48. The zero-order chi connectivity index (χ0) is 15.9. The molecule has 0 aliphatic heterocycles. The van der Waals surface area contributed by atoms with Crippen molar-refractivity contribution in [2.75, 3.05) is 6.26 Å².